The number of halogens is 1. The van der Waals surface area contributed by atoms with Crippen molar-refractivity contribution in [3.63, 3.8) is 0 Å². The number of aliphatic hydroxyl groups is 1. The largest absolute Gasteiger partial charge is 0.393 e. The average Bonchev–Trinajstić information content (AvgIpc) is 3.09. The highest BCUT2D eigenvalue weighted by Crippen LogP contribution is 2.42. The van der Waals surface area contributed by atoms with E-state index in [-0.39, 0.29) is 6.10 Å². The maximum absolute atomic E-state index is 10.0. The maximum atomic E-state index is 10.0. The first-order valence-corrected chi connectivity index (χ1v) is 8.56. The van der Waals surface area contributed by atoms with E-state index in [1.807, 2.05) is 0 Å². The van der Waals surface area contributed by atoms with Crippen molar-refractivity contribution in [1.29, 1.82) is 0 Å². The molecule has 1 aromatic rings. The summed E-state index contributed by atoms with van der Waals surface area (Å²) < 4.78 is 0. The highest BCUT2D eigenvalue weighted by Gasteiger charge is 2.43. The minimum atomic E-state index is -0.0813. The first kappa shape index (κ1) is 13.8. The van der Waals surface area contributed by atoms with Crippen LogP contribution >= 0.6 is 22.9 Å². The second kappa shape index (κ2) is 5.68. The smallest absolute Gasteiger partial charge is 0.110 e. The lowest BCUT2D eigenvalue weighted by Crippen LogP contribution is -2.28. The van der Waals surface area contributed by atoms with Gasteiger partial charge >= 0.3 is 0 Å². The van der Waals surface area contributed by atoms with Gasteiger partial charge in [-0.05, 0) is 25.2 Å². The Balaban J connectivity index is 1.73. The molecule has 1 aromatic heterocycles. The zero-order chi connectivity index (χ0) is 13.4. The van der Waals surface area contributed by atoms with Crippen LogP contribution in [0.5, 0.6) is 0 Å². The van der Waals surface area contributed by atoms with E-state index in [1.54, 1.807) is 11.3 Å². The Bertz CT molecular complexity index is 439. The summed E-state index contributed by atoms with van der Waals surface area (Å²) >= 11 is 7.57. The SMILES string of the molecule is CCC(c1nc(CCl)cs1)N1CC2CCC(O)C2C1. The zero-order valence-electron chi connectivity index (χ0n) is 11.3. The summed E-state index contributed by atoms with van der Waals surface area (Å²) in [7, 11) is 0. The molecular weight excluding hydrogens is 280 g/mol. The molecule has 19 heavy (non-hydrogen) atoms. The Morgan fingerprint density at radius 1 is 1.53 bits per heavy atom. The topological polar surface area (TPSA) is 36.4 Å². The molecule has 2 heterocycles. The van der Waals surface area contributed by atoms with Crippen molar-refractivity contribution in [3.8, 4) is 0 Å². The predicted octanol–water partition coefficient (Wildman–Crippen LogP) is 3.04. The van der Waals surface area contributed by atoms with Crippen molar-refractivity contribution in [3.05, 3.63) is 16.1 Å². The van der Waals surface area contributed by atoms with Crippen molar-refractivity contribution in [2.45, 2.75) is 44.2 Å². The Morgan fingerprint density at radius 2 is 2.37 bits per heavy atom. The van der Waals surface area contributed by atoms with Crippen LogP contribution < -0.4 is 0 Å². The molecule has 2 fully saturated rings. The first-order chi connectivity index (χ1) is 9.22. The number of hydrogen-bond donors (Lipinski definition) is 1. The summed E-state index contributed by atoms with van der Waals surface area (Å²) in [4.78, 5) is 7.16. The molecule has 5 heteroatoms. The van der Waals surface area contributed by atoms with Gasteiger partial charge in [0.05, 0.1) is 23.7 Å². The van der Waals surface area contributed by atoms with Crippen molar-refractivity contribution in [1.82, 2.24) is 9.88 Å². The molecule has 2 aliphatic rings. The highest BCUT2D eigenvalue weighted by atomic mass is 35.5. The number of aromatic nitrogens is 1. The van der Waals surface area contributed by atoms with Crippen LogP contribution in [-0.4, -0.2) is 34.2 Å². The molecule has 1 aliphatic heterocycles. The summed E-state index contributed by atoms with van der Waals surface area (Å²) in [6.45, 7) is 4.37. The summed E-state index contributed by atoms with van der Waals surface area (Å²) in [6.07, 6.45) is 3.17. The summed E-state index contributed by atoms with van der Waals surface area (Å²) in [5, 5.41) is 13.3. The van der Waals surface area contributed by atoms with E-state index in [0.29, 0.717) is 23.8 Å². The predicted molar refractivity (Wildman–Crippen MR) is 78.5 cm³/mol. The van der Waals surface area contributed by atoms with E-state index < -0.39 is 0 Å². The molecule has 1 N–H and O–H groups in total. The Labute approximate surface area is 123 Å². The molecule has 1 saturated heterocycles. The van der Waals surface area contributed by atoms with Gasteiger partial charge in [-0.2, -0.15) is 0 Å². The third-order valence-electron chi connectivity index (χ3n) is 4.67. The number of rotatable bonds is 4. The molecule has 0 aromatic carbocycles. The normalized spacial score (nSPS) is 32.7. The van der Waals surface area contributed by atoms with Crippen molar-refractivity contribution >= 4 is 22.9 Å². The molecule has 3 rings (SSSR count). The molecule has 106 valence electrons. The summed E-state index contributed by atoms with van der Waals surface area (Å²) in [5.41, 5.74) is 0.986. The lowest BCUT2D eigenvalue weighted by atomic mass is 10.00. The van der Waals surface area contributed by atoms with Crippen LogP contribution in [0.25, 0.3) is 0 Å². The van der Waals surface area contributed by atoms with Gasteiger partial charge in [-0.1, -0.05) is 6.92 Å². The number of likely N-dealkylation sites (tertiary alicyclic amines) is 1. The van der Waals surface area contributed by atoms with Crippen LogP contribution in [0.1, 0.15) is 42.9 Å². The number of thiazole rings is 1. The number of nitrogens with zero attached hydrogens (tertiary/aromatic N) is 2. The molecule has 0 radical (unpaired) electrons. The van der Waals surface area contributed by atoms with E-state index in [1.165, 1.54) is 11.4 Å². The fourth-order valence-electron chi connectivity index (χ4n) is 3.65. The fraction of sp³-hybridized carbons (Fsp3) is 0.786. The molecular formula is C14H21ClN2OS. The van der Waals surface area contributed by atoms with E-state index in [0.717, 1.165) is 31.6 Å². The van der Waals surface area contributed by atoms with E-state index in [4.69, 9.17) is 11.6 Å². The van der Waals surface area contributed by atoms with Crippen LogP contribution in [0.2, 0.25) is 0 Å². The lowest BCUT2D eigenvalue weighted by molar-refractivity contribution is 0.117. The van der Waals surface area contributed by atoms with Crippen LogP contribution in [-0.2, 0) is 5.88 Å². The van der Waals surface area contributed by atoms with Gasteiger partial charge in [0, 0.05) is 24.4 Å². The van der Waals surface area contributed by atoms with Gasteiger partial charge in [-0.25, -0.2) is 4.98 Å². The second-order valence-electron chi connectivity index (χ2n) is 5.76. The average molecular weight is 301 g/mol. The number of aliphatic hydroxyl groups excluding tert-OH is 1. The monoisotopic (exact) mass is 300 g/mol. The molecule has 3 nitrogen and oxygen atoms in total. The van der Waals surface area contributed by atoms with Crippen molar-refractivity contribution in [2.75, 3.05) is 13.1 Å². The molecule has 0 amide bonds. The zero-order valence-corrected chi connectivity index (χ0v) is 12.8. The highest BCUT2D eigenvalue weighted by molar-refractivity contribution is 7.09. The molecule has 4 unspecified atom stereocenters. The lowest BCUT2D eigenvalue weighted by Gasteiger charge is -2.26. The van der Waals surface area contributed by atoms with Gasteiger partial charge in [0.15, 0.2) is 0 Å². The third kappa shape index (κ3) is 2.56. The second-order valence-corrected chi connectivity index (χ2v) is 6.91. The quantitative estimate of drug-likeness (QED) is 0.868. The van der Waals surface area contributed by atoms with E-state index >= 15 is 0 Å². The Morgan fingerprint density at radius 3 is 3.00 bits per heavy atom. The third-order valence-corrected chi connectivity index (χ3v) is 5.93. The molecule has 1 aliphatic carbocycles. The van der Waals surface area contributed by atoms with Crippen LogP contribution in [0.15, 0.2) is 5.38 Å². The van der Waals surface area contributed by atoms with Gasteiger partial charge in [0.2, 0.25) is 0 Å². The van der Waals surface area contributed by atoms with Crippen LogP contribution in [0.3, 0.4) is 0 Å². The molecule has 4 atom stereocenters. The van der Waals surface area contributed by atoms with Crippen molar-refractivity contribution in [2.24, 2.45) is 11.8 Å². The minimum absolute atomic E-state index is 0.0813. The van der Waals surface area contributed by atoms with E-state index in [2.05, 4.69) is 22.2 Å². The molecule has 1 saturated carbocycles. The van der Waals surface area contributed by atoms with Gasteiger partial charge in [0.1, 0.15) is 5.01 Å². The minimum Gasteiger partial charge on any atom is -0.393 e. The summed E-state index contributed by atoms with van der Waals surface area (Å²) in [6, 6.07) is 0.403. The van der Waals surface area contributed by atoms with Crippen LogP contribution in [0, 0.1) is 11.8 Å². The maximum Gasteiger partial charge on any atom is 0.110 e. The number of alkyl halides is 1. The van der Waals surface area contributed by atoms with Crippen LogP contribution in [0.4, 0.5) is 0 Å². The van der Waals surface area contributed by atoms with Gasteiger partial charge in [-0.3, -0.25) is 4.90 Å². The van der Waals surface area contributed by atoms with Gasteiger partial charge in [-0.15, -0.1) is 22.9 Å². The van der Waals surface area contributed by atoms with Gasteiger partial charge in [0.25, 0.3) is 0 Å². The van der Waals surface area contributed by atoms with Gasteiger partial charge < -0.3 is 5.11 Å². The fourth-order valence-corrected chi connectivity index (χ4v) is 4.92. The summed E-state index contributed by atoms with van der Waals surface area (Å²) in [5.74, 6) is 1.68. The number of fused-ring (bicyclic) bond motifs is 1. The Hall–Kier alpha value is -0.160. The molecule has 0 spiro atoms. The standard InChI is InChI=1S/C14H21ClN2OS/c1-2-12(14-16-10(5-15)8-19-14)17-6-9-3-4-13(18)11(9)7-17/h8-9,11-13,18H,2-7H2,1H3. The first-order valence-electron chi connectivity index (χ1n) is 7.15. The van der Waals surface area contributed by atoms with E-state index in [9.17, 15) is 5.11 Å². The molecule has 0 bridgehead atoms. The van der Waals surface area contributed by atoms with Crippen molar-refractivity contribution < 1.29 is 5.11 Å². The Kier molecular flexibility index (Phi) is 4.13. The number of hydrogen-bond acceptors (Lipinski definition) is 4.